The zero-order chi connectivity index (χ0) is 16.9. The summed E-state index contributed by atoms with van der Waals surface area (Å²) in [7, 11) is 0. The Balaban J connectivity index is 1.77. The van der Waals surface area contributed by atoms with E-state index in [9.17, 15) is 18.3 Å². The number of aliphatic hydroxyl groups is 1. The van der Waals surface area contributed by atoms with Gasteiger partial charge in [0.05, 0.1) is 11.7 Å². The van der Waals surface area contributed by atoms with Crippen LogP contribution in [0.15, 0.2) is 24.3 Å². The van der Waals surface area contributed by atoms with E-state index in [1.807, 2.05) is 0 Å². The molecule has 0 aromatic heterocycles. The van der Waals surface area contributed by atoms with E-state index in [2.05, 4.69) is 10.2 Å². The van der Waals surface area contributed by atoms with Crippen molar-refractivity contribution < 1.29 is 18.3 Å². The number of nitrogens with one attached hydrogen (secondary N) is 1. The van der Waals surface area contributed by atoms with E-state index in [0.717, 1.165) is 38.5 Å². The van der Waals surface area contributed by atoms with Gasteiger partial charge in [0, 0.05) is 13.1 Å². The first-order valence-electron chi connectivity index (χ1n) is 8.12. The van der Waals surface area contributed by atoms with Gasteiger partial charge in [0.15, 0.2) is 0 Å². The lowest BCUT2D eigenvalue weighted by molar-refractivity contribution is -0.138. The molecule has 1 aromatic rings. The van der Waals surface area contributed by atoms with Crippen LogP contribution in [-0.2, 0) is 12.7 Å². The molecule has 1 saturated heterocycles. The maximum absolute atomic E-state index is 12.9. The predicted molar refractivity (Wildman–Crippen MR) is 84.0 cm³/mol. The van der Waals surface area contributed by atoms with Crippen LogP contribution in [0.5, 0.6) is 0 Å². The molecule has 130 valence electrons. The number of likely N-dealkylation sites (tertiary alicyclic amines) is 1. The molecule has 23 heavy (non-hydrogen) atoms. The highest BCUT2D eigenvalue weighted by atomic mass is 19.4. The Hall–Kier alpha value is -1.11. The monoisotopic (exact) mass is 330 g/mol. The molecule has 1 atom stereocenters. The minimum Gasteiger partial charge on any atom is -0.392 e. The first kappa shape index (κ1) is 18.2. The van der Waals surface area contributed by atoms with Gasteiger partial charge in [-0.3, -0.25) is 0 Å². The largest absolute Gasteiger partial charge is 0.416 e. The van der Waals surface area contributed by atoms with Crippen LogP contribution in [-0.4, -0.2) is 42.3 Å². The second-order valence-corrected chi connectivity index (χ2v) is 6.38. The molecule has 1 heterocycles. The fourth-order valence-electron chi connectivity index (χ4n) is 3.11. The Labute approximate surface area is 135 Å². The van der Waals surface area contributed by atoms with Crippen LogP contribution in [0.3, 0.4) is 0 Å². The van der Waals surface area contributed by atoms with Gasteiger partial charge in [-0.05, 0) is 56.9 Å². The first-order chi connectivity index (χ1) is 10.9. The minimum atomic E-state index is -4.30. The molecule has 0 bridgehead atoms. The third-order valence-electron chi connectivity index (χ3n) is 4.30. The van der Waals surface area contributed by atoms with Crippen molar-refractivity contribution in [1.29, 1.82) is 0 Å². The van der Waals surface area contributed by atoms with Crippen molar-refractivity contribution in [3.05, 3.63) is 35.4 Å². The standard InChI is InChI=1S/C17H25F3N2O/c1-13(23)12-22-8-6-14(7-9-22)10-21-11-15-4-2-3-5-16(15)17(18,19)20/h2-5,13-14,21,23H,6-12H2,1H3. The summed E-state index contributed by atoms with van der Waals surface area (Å²) >= 11 is 0. The van der Waals surface area contributed by atoms with Crippen molar-refractivity contribution in [3.8, 4) is 0 Å². The number of hydrogen-bond donors (Lipinski definition) is 2. The van der Waals surface area contributed by atoms with Gasteiger partial charge in [-0.2, -0.15) is 13.2 Å². The molecule has 1 aliphatic heterocycles. The number of β-amino-alcohol motifs (C(OH)–C–C–N with tert-alkyl or cyclic N) is 1. The molecular formula is C17H25F3N2O. The Kier molecular flexibility index (Phi) is 6.44. The summed E-state index contributed by atoms with van der Waals surface area (Å²) in [5.41, 5.74) is -0.259. The molecule has 0 spiro atoms. The van der Waals surface area contributed by atoms with Crippen LogP contribution < -0.4 is 5.32 Å². The smallest absolute Gasteiger partial charge is 0.392 e. The molecule has 3 nitrogen and oxygen atoms in total. The second kappa shape index (κ2) is 8.13. The Morgan fingerprint density at radius 1 is 1.26 bits per heavy atom. The Morgan fingerprint density at radius 3 is 2.52 bits per heavy atom. The molecule has 2 N–H and O–H groups in total. The van der Waals surface area contributed by atoms with Crippen molar-refractivity contribution >= 4 is 0 Å². The van der Waals surface area contributed by atoms with Gasteiger partial charge in [-0.15, -0.1) is 0 Å². The van der Waals surface area contributed by atoms with Crippen LogP contribution >= 0.6 is 0 Å². The maximum atomic E-state index is 12.9. The number of nitrogens with zero attached hydrogens (tertiary/aromatic N) is 1. The Morgan fingerprint density at radius 2 is 1.91 bits per heavy atom. The van der Waals surface area contributed by atoms with Crippen LogP contribution in [0.4, 0.5) is 13.2 Å². The molecule has 0 saturated carbocycles. The van der Waals surface area contributed by atoms with Crippen molar-refractivity contribution in [3.63, 3.8) is 0 Å². The summed E-state index contributed by atoms with van der Waals surface area (Å²) in [5.74, 6) is 0.485. The summed E-state index contributed by atoms with van der Waals surface area (Å²) in [6.45, 7) is 5.33. The van der Waals surface area contributed by atoms with Crippen molar-refractivity contribution in [1.82, 2.24) is 10.2 Å². The summed E-state index contributed by atoms with van der Waals surface area (Å²) in [6, 6.07) is 5.72. The van der Waals surface area contributed by atoms with E-state index >= 15 is 0 Å². The van der Waals surface area contributed by atoms with Crippen molar-refractivity contribution in [2.75, 3.05) is 26.2 Å². The zero-order valence-corrected chi connectivity index (χ0v) is 13.4. The highest BCUT2D eigenvalue weighted by Crippen LogP contribution is 2.31. The van der Waals surface area contributed by atoms with Crippen LogP contribution in [0.25, 0.3) is 0 Å². The molecule has 6 heteroatoms. The summed E-state index contributed by atoms with van der Waals surface area (Å²) in [5, 5.41) is 12.6. The van der Waals surface area contributed by atoms with E-state index in [1.54, 1.807) is 13.0 Å². The van der Waals surface area contributed by atoms with E-state index in [4.69, 9.17) is 0 Å². The summed E-state index contributed by atoms with van der Waals surface area (Å²) in [4.78, 5) is 2.24. The number of alkyl halides is 3. The lowest BCUT2D eigenvalue weighted by Crippen LogP contribution is -2.40. The van der Waals surface area contributed by atoms with E-state index in [0.29, 0.717) is 18.0 Å². The topological polar surface area (TPSA) is 35.5 Å². The molecule has 1 aliphatic rings. The number of halogens is 3. The molecular weight excluding hydrogens is 305 g/mol. The third kappa shape index (κ3) is 5.79. The molecule has 0 amide bonds. The zero-order valence-electron chi connectivity index (χ0n) is 13.4. The van der Waals surface area contributed by atoms with Gasteiger partial charge in [0.1, 0.15) is 0 Å². The highest BCUT2D eigenvalue weighted by molar-refractivity contribution is 5.29. The van der Waals surface area contributed by atoms with Crippen molar-refractivity contribution in [2.45, 2.75) is 38.6 Å². The number of hydrogen-bond acceptors (Lipinski definition) is 3. The fraction of sp³-hybridized carbons (Fsp3) is 0.647. The molecule has 0 aliphatic carbocycles. The SMILES string of the molecule is CC(O)CN1CCC(CNCc2ccccc2C(F)(F)F)CC1. The molecule has 0 radical (unpaired) electrons. The number of aliphatic hydroxyl groups excluding tert-OH is 1. The van der Waals surface area contributed by atoms with Crippen LogP contribution in [0.1, 0.15) is 30.9 Å². The highest BCUT2D eigenvalue weighted by Gasteiger charge is 2.32. The second-order valence-electron chi connectivity index (χ2n) is 6.38. The minimum absolute atomic E-state index is 0.240. The van der Waals surface area contributed by atoms with E-state index in [1.165, 1.54) is 12.1 Å². The van der Waals surface area contributed by atoms with Gasteiger partial charge in [-0.1, -0.05) is 18.2 Å². The molecule has 1 aromatic carbocycles. The van der Waals surface area contributed by atoms with Gasteiger partial charge < -0.3 is 15.3 Å². The average molecular weight is 330 g/mol. The normalized spacial score (nSPS) is 19.0. The first-order valence-corrected chi connectivity index (χ1v) is 8.12. The lowest BCUT2D eigenvalue weighted by Gasteiger charge is -2.32. The van der Waals surface area contributed by atoms with Crippen molar-refractivity contribution in [2.24, 2.45) is 5.92 Å². The maximum Gasteiger partial charge on any atom is 0.416 e. The quantitative estimate of drug-likeness (QED) is 0.842. The molecule has 1 unspecified atom stereocenters. The van der Waals surface area contributed by atoms with E-state index in [-0.39, 0.29) is 12.6 Å². The summed E-state index contributed by atoms with van der Waals surface area (Å²) in [6.07, 6.45) is -2.59. The van der Waals surface area contributed by atoms with Gasteiger partial charge in [0.25, 0.3) is 0 Å². The third-order valence-corrected chi connectivity index (χ3v) is 4.30. The number of rotatable bonds is 6. The molecule has 1 fully saturated rings. The molecule has 2 rings (SSSR count). The fourth-order valence-corrected chi connectivity index (χ4v) is 3.11. The predicted octanol–water partition coefficient (Wildman–Crippen LogP) is 2.89. The number of benzene rings is 1. The lowest BCUT2D eigenvalue weighted by atomic mass is 9.96. The van der Waals surface area contributed by atoms with Crippen LogP contribution in [0, 0.1) is 5.92 Å². The van der Waals surface area contributed by atoms with Gasteiger partial charge in [-0.25, -0.2) is 0 Å². The summed E-state index contributed by atoms with van der Waals surface area (Å²) < 4.78 is 38.8. The van der Waals surface area contributed by atoms with Gasteiger partial charge >= 0.3 is 6.18 Å². The number of piperidine rings is 1. The Bertz CT molecular complexity index is 483. The van der Waals surface area contributed by atoms with Gasteiger partial charge in [0.2, 0.25) is 0 Å². The van der Waals surface area contributed by atoms with E-state index < -0.39 is 11.7 Å². The average Bonchev–Trinajstić information content (AvgIpc) is 2.48. The van der Waals surface area contributed by atoms with Crippen LogP contribution in [0.2, 0.25) is 0 Å².